The van der Waals surface area contributed by atoms with E-state index in [0.29, 0.717) is 0 Å². The van der Waals surface area contributed by atoms with Crippen LogP contribution in [0.25, 0.3) is 54.9 Å². The molecule has 0 fully saturated rings. The molecule has 1 nitrogen and oxygen atoms in total. The predicted molar refractivity (Wildman–Crippen MR) is 275 cm³/mol. The molecule has 65 heavy (non-hydrogen) atoms. The molecule has 2 aliphatic carbocycles. The molecule has 10 aromatic carbocycles. The van der Waals surface area contributed by atoms with Crippen LogP contribution in [0, 0.1) is 0 Å². The Balaban J connectivity index is 1.20. The monoisotopic (exact) mass is 833 g/mol. The van der Waals surface area contributed by atoms with E-state index in [9.17, 15) is 0 Å². The smallest absolute Gasteiger partial charge is 0.0713 e. The van der Waals surface area contributed by atoms with Crippen LogP contribution in [0.3, 0.4) is 0 Å². The van der Waals surface area contributed by atoms with Crippen molar-refractivity contribution in [2.45, 2.75) is 50.9 Å². The van der Waals surface area contributed by atoms with E-state index >= 15 is 0 Å². The van der Waals surface area contributed by atoms with Gasteiger partial charge in [-0.3, -0.25) is 0 Å². The number of hydrogen-bond acceptors (Lipinski definition) is 1. The zero-order valence-corrected chi connectivity index (χ0v) is 37.7. The number of rotatable bonds is 6. The maximum absolute atomic E-state index is 2.58. The van der Waals surface area contributed by atoms with Gasteiger partial charge < -0.3 is 4.90 Å². The number of anilines is 3. The summed E-state index contributed by atoms with van der Waals surface area (Å²) in [7, 11) is 0. The van der Waals surface area contributed by atoms with Gasteiger partial charge in [-0.1, -0.05) is 229 Å². The van der Waals surface area contributed by atoms with Crippen LogP contribution in [0.1, 0.15) is 73.6 Å². The van der Waals surface area contributed by atoms with Crippen molar-refractivity contribution in [2.24, 2.45) is 0 Å². The molecule has 0 heterocycles. The van der Waals surface area contributed by atoms with Crippen LogP contribution in [0.4, 0.5) is 17.1 Å². The lowest BCUT2D eigenvalue weighted by Gasteiger charge is -2.34. The summed E-state index contributed by atoms with van der Waals surface area (Å²) in [6, 6.07) is 82.1. The van der Waals surface area contributed by atoms with Gasteiger partial charge in [0.25, 0.3) is 0 Å². The quantitative estimate of drug-likeness (QED) is 0.161. The van der Waals surface area contributed by atoms with Crippen LogP contribution in [0.15, 0.2) is 218 Å². The summed E-state index contributed by atoms with van der Waals surface area (Å²) in [5.41, 5.74) is 19.6. The van der Waals surface area contributed by atoms with Crippen molar-refractivity contribution in [3.8, 4) is 33.4 Å². The summed E-state index contributed by atoms with van der Waals surface area (Å²) >= 11 is 0. The highest BCUT2D eigenvalue weighted by molar-refractivity contribution is 6.12. The molecule has 0 aliphatic heterocycles. The van der Waals surface area contributed by atoms with Gasteiger partial charge in [-0.25, -0.2) is 0 Å². The van der Waals surface area contributed by atoms with Crippen LogP contribution < -0.4 is 4.90 Å². The summed E-state index contributed by atoms with van der Waals surface area (Å²) in [6.45, 7) is 11.7. The van der Waals surface area contributed by atoms with Crippen LogP contribution in [0.2, 0.25) is 0 Å². The van der Waals surface area contributed by atoms with Crippen LogP contribution in [-0.2, 0) is 16.2 Å². The first-order chi connectivity index (χ1) is 31.7. The fourth-order valence-corrected chi connectivity index (χ4v) is 11.8. The molecule has 0 saturated heterocycles. The van der Waals surface area contributed by atoms with E-state index in [-0.39, 0.29) is 10.8 Å². The van der Waals surface area contributed by atoms with Gasteiger partial charge in [-0.15, -0.1) is 0 Å². The van der Waals surface area contributed by atoms with E-state index in [1.54, 1.807) is 0 Å². The second kappa shape index (κ2) is 14.5. The van der Waals surface area contributed by atoms with E-state index in [0.717, 1.165) is 17.1 Å². The van der Waals surface area contributed by atoms with Gasteiger partial charge in [0, 0.05) is 22.1 Å². The molecule has 2 aliphatic rings. The van der Waals surface area contributed by atoms with Crippen molar-refractivity contribution >= 4 is 38.6 Å². The van der Waals surface area contributed by atoms with E-state index < -0.39 is 5.41 Å². The third kappa shape index (κ3) is 5.71. The van der Waals surface area contributed by atoms with Crippen LogP contribution >= 0.6 is 0 Å². The van der Waals surface area contributed by atoms with Crippen molar-refractivity contribution < 1.29 is 0 Å². The fraction of sp³-hybridized carbons (Fsp3) is 0.125. The topological polar surface area (TPSA) is 3.24 Å². The number of fused-ring (bicyclic) bond motifs is 8. The second-order valence-corrected chi connectivity index (χ2v) is 19.6. The summed E-state index contributed by atoms with van der Waals surface area (Å²) in [5, 5.41) is 4.97. The van der Waals surface area contributed by atoms with Crippen LogP contribution in [-0.4, -0.2) is 0 Å². The normalized spacial score (nSPS) is 14.2. The van der Waals surface area contributed by atoms with E-state index in [2.05, 4.69) is 258 Å². The lowest BCUT2D eigenvalue weighted by molar-refractivity contribution is 0.596. The molecule has 0 unspecified atom stereocenters. The minimum Gasteiger partial charge on any atom is -0.309 e. The fourth-order valence-electron chi connectivity index (χ4n) is 11.8. The summed E-state index contributed by atoms with van der Waals surface area (Å²) in [6.07, 6.45) is 0. The van der Waals surface area contributed by atoms with Crippen LogP contribution in [0.5, 0.6) is 0 Å². The summed E-state index contributed by atoms with van der Waals surface area (Å²) < 4.78 is 0. The lowest BCUT2D eigenvalue weighted by Crippen LogP contribution is -2.28. The molecule has 0 N–H and O–H groups in total. The molecule has 312 valence electrons. The first kappa shape index (κ1) is 39.1. The van der Waals surface area contributed by atoms with Gasteiger partial charge in [-0.05, 0) is 113 Å². The number of nitrogens with zero attached hydrogens (tertiary/aromatic N) is 1. The molecule has 0 radical (unpaired) electrons. The third-order valence-corrected chi connectivity index (χ3v) is 14.7. The predicted octanol–water partition coefficient (Wildman–Crippen LogP) is 17.1. The van der Waals surface area contributed by atoms with Gasteiger partial charge in [-0.2, -0.15) is 0 Å². The lowest BCUT2D eigenvalue weighted by atomic mass is 9.68. The molecule has 0 amide bonds. The Hall–Kier alpha value is -7.48. The van der Waals surface area contributed by atoms with Gasteiger partial charge in [0.2, 0.25) is 0 Å². The highest BCUT2D eigenvalue weighted by atomic mass is 15.1. The molecule has 0 atom stereocenters. The van der Waals surface area contributed by atoms with Gasteiger partial charge in [0.15, 0.2) is 0 Å². The highest BCUT2D eigenvalue weighted by Gasteiger charge is 2.46. The van der Waals surface area contributed by atoms with E-state index in [4.69, 9.17) is 0 Å². The molecule has 10 aromatic rings. The van der Waals surface area contributed by atoms with E-state index in [1.807, 2.05) is 0 Å². The minimum absolute atomic E-state index is 0.0443. The molecule has 0 bridgehead atoms. The zero-order chi connectivity index (χ0) is 44.1. The SMILES string of the molecule is CC(C)(C)c1ccc(N(c2ccc3c(c2)-c2ccccc2C3(c2ccccc2)c2ccccc2)c2ccc3ccccc3c2-c2cccc3c2-c2ccccc2C3(C)C)c2ccccc12. The number of benzene rings is 10. The molecular weight excluding hydrogens is 783 g/mol. The number of hydrogen-bond donors (Lipinski definition) is 0. The Labute approximate surface area is 383 Å². The average Bonchev–Trinajstić information content (AvgIpc) is 3.77. The Bertz CT molecular complexity index is 3460. The van der Waals surface area contributed by atoms with Gasteiger partial charge in [0.05, 0.1) is 16.8 Å². The summed E-state index contributed by atoms with van der Waals surface area (Å²) in [5.74, 6) is 0. The van der Waals surface area contributed by atoms with Crippen molar-refractivity contribution in [2.75, 3.05) is 4.90 Å². The standard InChI is InChI=1S/C64H51N/c1-62(2,3)53-38-40-58(49-29-15-14-27-47(49)53)65(45-36-37-56-52(41-45)48-28-16-19-33-55(48)64(56,43-22-8-6-9-23-43)44-24-10-7-11-25-44)59-39-35-42-21-12-13-26-46(42)61(59)51-31-20-34-57-60(51)50-30-17-18-32-54(50)63(57,4)5/h6-41H,1-5H3. The van der Waals surface area contributed by atoms with Crippen molar-refractivity contribution in [3.05, 3.63) is 257 Å². The van der Waals surface area contributed by atoms with Crippen molar-refractivity contribution in [1.29, 1.82) is 0 Å². The molecule has 0 aromatic heterocycles. The Morgan fingerprint density at radius 1 is 0.369 bits per heavy atom. The first-order valence-corrected chi connectivity index (χ1v) is 23.1. The Morgan fingerprint density at radius 2 is 0.923 bits per heavy atom. The third-order valence-electron chi connectivity index (χ3n) is 14.7. The average molecular weight is 834 g/mol. The molecule has 12 rings (SSSR count). The first-order valence-electron chi connectivity index (χ1n) is 23.1. The maximum Gasteiger partial charge on any atom is 0.0713 e. The largest absolute Gasteiger partial charge is 0.309 e. The van der Waals surface area contributed by atoms with Gasteiger partial charge in [0.1, 0.15) is 0 Å². The Kier molecular flexibility index (Phi) is 8.75. The van der Waals surface area contributed by atoms with E-state index in [1.165, 1.54) is 93.9 Å². The summed E-state index contributed by atoms with van der Waals surface area (Å²) in [4.78, 5) is 2.58. The highest BCUT2D eigenvalue weighted by Crippen LogP contribution is 2.59. The van der Waals surface area contributed by atoms with Crippen molar-refractivity contribution in [3.63, 3.8) is 0 Å². The minimum atomic E-state index is -0.488. The molecule has 0 saturated carbocycles. The maximum atomic E-state index is 2.58. The molecule has 1 heteroatoms. The molecular formula is C64H51N. The van der Waals surface area contributed by atoms with Crippen molar-refractivity contribution in [1.82, 2.24) is 0 Å². The van der Waals surface area contributed by atoms with Gasteiger partial charge >= 0.3 is 0 Å². The second-order valence-electron chi connectivity index (χ2n) is 19.6. The molecule has 0 spiro atoms. The zero-order valence-electron chi connectivity index (χ0n) is 37.7. The Morgan fingerprint density at radius 3 is 1.65 bits per heavy atom.